The molecule has 1 saturated heterocycles. The Kier molecular flexibility index (Phi) is 8.85. The molecule has 35 heavy (non-hydrogen) atoms. The van der Waals surface area contributed by atoms with Crippen molar-refractivity contribution in [2.45, 2.75) is 31.7 Å². The molecule has 0 bridgehead atoms. The van der Waals surface area contributed by atoms with Gasteiger partial charge in [-0.05, 0) is 30.5 Å². The number of esters is 1. The van der Waals surface area contributed by atoms with Gasteiger partial charge in [0.1, 0.15) is 5.75 Å². The Hall–Kier alpha value is -3.41. The van der Waals surface area contributed by atoms with Crippen molar-refractivity contribution in [2.24, 2.45) is 11.0 Å². The first kappa shape index (κ1) is 26.2. The molecule has 13 heteroatoms. The van der Waals surface area contributed by atoms with Crippen molar-refractivity contribution in [3.8, 4) is 11.5 Å². The zero-order chi connectivity index (χ0) is 25.5. The number of ether oxygens (including phenoxy) is 4. The van der Waals surface area contributed by atoms with Gasteiger partial charge in [0.05, 0.1) is 19.8 Å². The van der Waals surface area contributed by atoms with Crippen LogP contribution in [-0.4, -0.2) is 32.3 Å². The molecule has 2 aromatic rings. The Bertz CT molecular complexity index is 1080. The minimum Gasteiger partial charge on any atom is -0.497 e. The third kappa shape index (κ3) is 6.18. The molecule has 0 radical (unpaired) electrons. The molecule has 0 amide bonds. The predicted octanol–water partition coefficient (Wildman–Crippen LogP) is 5.51. The standard InChI is InChI=1S/C22H20F5N3O5/c1-32-13-4-2-11(3-5-13)22-33-10-12(8-9-29-30-28)14(34-22)6-7-15(31)35-21-19(26)17(24)16(23)18(25)20(21)27/h2-5,12,14,22H,6-10H2,1H3/t12-,14+,22-/m0/s1. The Morgan fingerprint density at radius 3 is 2.29 bits per heavy atom. The largest absolute Gasteiger partial charge is 0.497 e. The van der Waals surface area contributed by atoms with E-state index in [1.165, 1.54) is 7.11 Å². The molecule has 1 heterocycles. The van der Waals surface area contributed by atoms with E-state index in [-0.39, 0.29) is 25.5 Å². The summed E-state index contributed by atoms with van der Waals surface area (Å²) in [5.41, 5.74) is 9.16. The molecule has 1 aliphatic heterocycles. The number of rotatable bonds is 9. The van der Waals surface area contributed by atoms with Gasteiger partial charge in [-0.1, -0.05) is 17.2 Å². The van der Waals surface area contributed by atoms with Gasteiger partial charge in [0.2, 0.25) is 34.8 Å². The SMILES string of the molecule is COc1ccc([C@H]2OC[C@H](CCN=[N+]=[N-])[C@@H](CCC(=O)Oc3c(F)c(F)c(F)c(F)c3F)O2)cc1. The number of hydrogen-bond donors (Lipinski definition) is 0. The number of carbonyl (C=O) groups is 1. The van der Waals surface area contributed by atoms with Crippen LogP contribution in [0, 0.1) is 35.0 Å². The fourth-order valence-corrected chi connectivity index (χ4v) is 3.50. The molecule has 3 atom stereocenters. The van der Waals surface area contributed by atoms with Crippen molar-refractivity contribution in [1.29, 1.82) is 0 Å². The second kappa shape index (κ2) is 11.8. The summed E-state index contributed by atoms with van der Waals surface area (Å²) < 4.78 is 88.8. The van der Waals surface area contributed by atoms with E-state index in [9.17, 15) is 26.7 Å². The molecule has 0 N–H and O–H groups in total. The van der Waals surface area contributed by atoms with Crippen LogP contribution in [0.15, 0.2) is 29.4 Å². The van der Waals surface area contributed by atoms with Crippen LogP contribution in [0.2, 0.25) is 0 Å². The molecule has 188 valence electrons. The minimum atomic E-state index is -2.36. The number of hydrogen-bond acceptors (Lipinski definition) is 6. The fraction of sp³-hybridized carbons (Fsp3) is 0.409. The second-order valence-corrected chi connectivity index (χ2v) is 7.53. The van der Waals surface area contributed by atoms with E-state index in [1.807, 2.05) is 0 Å². The highest BCUT2D eigenvalue weighted by atomic mass is 19.2. The lowest BCUT2D eigenvalue weighted by molar-refractivity contribution is -0.243. The van der Waals surface area contributed by atoms with E-state index in [0.717, 1.165) is 0 Å². The Balaban J connectivity index is 1.70. The summed E-state index contributed by atoms with van der Waals surface area (Å²) in [5.74, 6) is -13.9. The average molecular weight is 501 g/mol. The van der Waals surface area contributed by atoms with Gasteiger partial charge in [-0.3, -0.25) is 4.79 Å². The summed E-state index contributed by atoms with van der Waals surface area (Å²) in [6.45, 7) is 0.321. The van der Waals surface area contributed by atoms with Gasteiger partial charge in [0, 0.05) is 29.4 Å². The van der Waals surface area contributed by atoms with E-state index >= 15 is 0 Å². The third-order valence-corrected chi connectivity index (χ3v) is 5.36. The van der Waals surface area contributed by atoms with Crippen molar-refractivity contribution in [2.75, 3.05) is 20.3 Å². The van der Waals surface area contributed by atoms with E-state index in [2.05, 4.69) is 14.8 Å². The lowest BCUT2D eigenvalue weighted by Gasteiger charge is -2.36. The van der Waals surface area contributed by atoms with Gasteiger partial charge in [-0.25, -0.2) is 13.2 Å². The Morgan fingerprint density at radius 2 is 1.69 bits per heavy atom. The van der Waals surface area contributed by atoms with Crippen LogP contribution < -0.4 is 9.47 Å². The summed E-state index contributed by atoms with van der Waals surface area (Å²) >= 11 is 0. The van der Waals surface area contributed by atoms with Crippen LogP contribution >= 0.6 is 0 Å². The number of benzene rings is 2. The summed E-state index contributed by atoms with van der Waals surface area (Å²) in [4.78, 5) is 14.9. The average Bonchev–Trinajstić information content (AvgIpc) is 2.88. The molecule has 1 aliphatic rings. The van der Waals surface area contributed by atoms with Crippen LogP contribution in [0.25, 0.3) is 10.4 Å². The quantitative estimate of drug-likeness (QED) is 0.0659. The maximum Gasteiger partial charge on any atom is 0.311 e. The lowest BCUT2D eigenvalue weighted by Crippen LogP contribution is -2.37. The summed E-state index contributed by atoms with van der Waals surface area (Å²) in [5, 5.41) is 3.47. The van der Waals surface area contributed by atoms with Crippen LogP contribution in [0.3, 0.4) is 0 Å². The molecule has 0 aromatic heterocycles. The highest BCUT2D eigenvalue weighted by molar-refractivity contribution is 5.72. The summed E-state index contributed by atoms with van der Waals surface area (Å²) in [6, 6.07) is 6.84. The van der Waals surface area contributed by atoms with Crippen molar-refractivity contribution in [3.05, 3.63) is 69.4 Å². The van der Waals surface area contributed by atoms with Crippen LogP contribution in [0.4, 0.5) is 22.0 Å². The number of nitrogens with zero attached hydrogens (tertiary/aromatic N) is 3. The normalized spacial score (nSPS) is 19.7. The number of methoxy groups -OCH3 is 1. The topological polar surface area (TPSA) is 103 Å². The zero-order valence-electron chi connectivity index (χ0n) is 18.3. The zero-order valence-corrected chi connectivity index (χ0v) is 18.3. The van der Waals surface area contributed by atoms with Gasteiger partial charge >= 0.3 is 5.97 Å². The Labute approximate surface area is 196 Å². The molecule has 2 aromatic carbocycles. The van der Waals surface area contributed by atoms with Crippen molar-refractivity contribution >= 4 is 5.97 Å². The molecular formula is C22H20F5N3O5. The lowest BCUT2D eigenvalue weighted by atomic mass is 9.94. The van der Waals surface area contributed by atoms with Crippen molar-refractivity contribution in [3.63, 3.8) is 0 Å². The van der Waals surface area contributed by atoms with E-state index in [1.54, 1.807) is 24.3 Å². The van der Waals surface area contributed by atoms with Gasteiger partial charge in [0.15, 0.2) is 6.29 Å². The monoisotopic (exact) mass is 501 g/mol. The molecule has 0 unspecified atom stereocenters. The first-order valence-corrected chi connectivity index (χ1v) is 10.4. The molecular weight excluding hydrogens is 481 g/mol. The Morgan fingerprint density at radius 1 is 1.06 bits per heavy atom. The molecule has 0 spiro atoms. The van der Waals surface area contributed by atoms with Gasteiger partial charge < -0.3 is 18.9 Å². The summed E-state index contributed by atoms with van der Waals surface area (Å²) in [6.07, 6.45) is -1.55. The summed E-state index contributed by atoms with van der Waals surface area (Å²) in [7, 11) is 1.51. The molecule has 3 rings (SSSR count). The smallest absolute Gasteiger partial charge is 0.311 e. The maximum atomic E-state index is 13.8. The maximum absolute atomic E-state index is 13.8. The fourth-order valence-electron chi connectivity index (χ4n) is 3.50. The number of carbonyl (C=O) groups excluding carboxylic acids is 1. The van der Waals surface area contributed by atoms with Crippen LogP contribution in [-0.2, 0) is 14.3 Å². The van der Waals surface area contributed by atoms with Crippen LogP contribution in [0.5, 0.6) is 11.5 Å². The molecule has 0 aliphatic carbocycles. The van der Waals surface area contributed by atoms with Gasteiger partial charge in [-0.2, -0.15) is 8.78 Å². The van der Waals surface area contributed by atoms with E-state index in [4.69, 9.17) is 19.7 Å². The van der Waals surface area contributed by atoms with Crippen molar-refractivity contribution < 1.29 is 45.7 Å². The number of halogens is 5. The molecule has 0 saturated carbocycles. The molecule has 8 nitrogen and oxygen atoms in total. The predicted molar refractivity (Wildman–Crippen MR) is 110 cm³/mol. The first-order valence-electron chi connectivity index (χ1n) is 10.4. The van der Waals surface area contributed by atoms with E-state index in [0.29, 0.717) is 17.7 Å². The first-order chi connectivity index (χ1) is 16.8. The van der Waals surface area contributed by atoms with Crippen LogP contribution in [0.1, 0.15) is 31.1 Å². The number of azide groups is 1. The van der Waals surface area contributed by atoms with Gasteiger partial charge in [-0.15, -0.1) is 0 Å². The molecule has 1 fully saturated rings. The van der Waals surface area contributed by atoms with Gasteiger partial charge in [0.25, 0.3) is 0 Å². The highest BCUT2D eigenvalue weighted by Gasteiger charge is 2.34. The van der Waals surface area contributed by atoms with Crippen molar-refractivity contribution in [1.82, 2.24) is 0 Å². The van der Waals surface area contributed by atoms with E-state index < -0.39 is 59.6 Å². The minimum absolute atomic E-state index is 0.0226. The second-order valence-electron chi connectivity index (χ2n) is 7.53. The highest BCUT2D eigenvalue weighted by Crippen LogP contribution is 2.34. The third-order valence-electron chi connectivity index (χ3n) is 5.36.